The molecular formula is C14H18ClNO2. The Bertz CT molecular complexity index is 447. The molecule has 3 nitrogen and oxygen atoms in total. The largest absolute Gasteiger partial charge is 0.480 e. The van der Waals surface area contributed by atoms with Crippen molar-refractivity contribution in [3.8, 4) is 0 Å². The Labute approximate surface area is 112 Å². The lowest BCUT2D eigenvalue weighted by atomic mass is 10.0. The summed E-state index contributed by atoms with van der Waals surface area (Å²) in [6.45, 7) is 3.48. The van der Waals surface area contributed by atoms with Crippen LogP contribution in [-0.2, 0) is 11.3 Å². The van der Waals surface area contributed by atoms with Gasteiger partial charge in [-0.15, -0.1) is 0 Å². The first-order chi connectivity index (χ1) is 8.58. The number of piperidine rings is 1. The van der Waals surface area contributed by atoms with Crippen LogP contribution in [0.1, 0.15) is 30.4 Å². The Hall–Kier alpha value is -1.06. The highest BCUT2D eigenvalue weighted by Crippen LogP contribution is 2.22. The Kier molecular flexibility index (Phi) is 4.25. The molecule has 1 heterocycles. The van der Waals surface area contributed by atoms with Gasteiger partial charge in [0.15, 0.2) is 0 Å². The molecule has 1 aromatic carbocycles. The van der Waals surface area contributed by atoms with Crippen molar-refractivity contribution >= 4 is 17.6 Å². The van der Waals surface area contributed by atoms with Gasteiger partial charge in [-0.25, -0.2) is 0 Å². The van der Waals surface area contributed by atoms with Gasteiger partial charge in [-0.2, -0.15) is 0 Å². The molecule has 1 fully saturated rings. The lowest BCUT2D eigenvalue weighted by Crippen LogP contribution is -2.43. The SMILES string of the molecule is Cc1ccc(CN2CCCCC2C(=O)O)cc1Cl. The van der Waals surface area contributed by atoms with Crippen LogP contribution in [0.4, 0.5) is 0 Å². The monoisotopic (exact) mass is 267 g/mol. The first kappa shape index (κ1) is 13.4. The minimum absolute atomic E-state index is 0.348. The zero-order valence-corrected chi connectivity index (χ0v) is 11.3. The molecule has 0 amide bonds. The van der Waals surface area contributed by atoms with Gasteiger partial charge < -0.3 is 5.11 Å². The summed E-state index contributed by atoms with van der Waals surface area (Å²) in [6, 6.07) is 5.59. The molecule has 1 N–H and O–H groups in total. The van der Waals surface area contributed by atoms with Gasteiger partial charge in [-0.3, -0.25) is 9.69 Å². The maximum Gasteiger partial charge on any atom is 0.320 e. The van der Waals surface area contributed by atoms with Crippen LogP contribution in [0.2, 0.25) is 5.02 Å². The normalized spacial score (nSPS) is 20.9. The summed E-state index contributed by atoms with van der Waals surface area (Å²) in [6.07, 6.45) is 2.82. The molecule has 0 aliphatic carbocycles. The number of hydrogen-bond donors (Lipinski definition) is 1. The number of carbonyl (C=O) groups is 1. The summed E-state index contributed by atoms with van der Waals surface area (Å²) < 4.78 is 0. The van der Waals surface area contributed by atoms with E-state index >= 15 is 0 Å². The van der Waals surface area contributed by atoms with Gasteiger partial charge in [0, 0.05) is 11.6 Å². The van der Waals surface area contributed by atoms with E-state index in [2.05, 4.69) is 0 Å². The van der Waals surface area contributed by atoms with Crippen molar-refractivity contribution in [1.29, 1.82) is 0 Å². The molecule has 0 saturated carbocycles. The van der Waals surface area contributed by atoms with Crippen molar-refractivity contribution < 1.29 is 9.90 Å². The Balaban J connectivity index is 2.10. The van der Waals surface area contributed by atoms with Crippen LogP contribution in [0.3, 0.4) is 0 Å². The summed E-state index contributed by atoms with van der Waals surface area (Å²) >= 11 is 6.10. The Morgan fingerprint density at radius 1 is 1.50 bits per heavy atom. The molecular weight excluding hydrogens is 250 g/mol. The van der Waals surface area contributed by atoms with E-state index in [1.54, 1.807) is 0 Å². The third-order valence-corrected chi connectivity index (χ3v) is 3.93. The number of nitrogens with zero attached hydrogens (tertiary/aromatic N) is 1. The van der Waals surface area contributed by atoms with E-state index in [4.69, 9.17) is 11.6 Å². The lowest BCUT2D eigenvalue weighted by Gasteiger charge is -2.32. The highest BCUT2D eigenvalue weighted by Gasteiger charge is 2.28. The first-order valence-corrected chi connectivity index (χ1v) is 6.67. The molecule has 1 aromatic rings. The van der Waals surface area contributed by atoms with Crippen LogP contribution < -0.4 is 0 Å². The molecule has 0 spiro atoms. The van der Waals surface area contributed by atoms with Gasteiger partial charge in [0.1, 0.15) is 6.04 Å². The maximum absolute atomic E-state index is 11.2. The van der Waals surface area contributed by atoms with Crippen LogP contribution in [0.15, 0.2) is 18.2 Å². The van der Waals surface area contributed by atoms with Gasteiger partial charge in [0.05, 0.1) is 0 Å². The third kappa shape index (κ3) is 3.03. The van der Waals surface area contributed by atoms with Gasteiger partial charge >= 0.3 is 5.97 Å². The van der Waals surface area contributed by atoms with Crippen molar-refractivity contribution in [2.45, 2.75) is 38.8 Å². The molecule has 0 bridgehead atoms. The molecule has 1 unspecified atom stereocenters. The van der Waals surface area contributed by atoms with Crippen molar-refractivity contribution in [1.82, 2.24) is 4.90 Å². The predicted octanol–water partition coefficient (Wildman–Crippen LogP) is 3.09. The smallest absolute Gasteiger partial charge is 0.320 e. The number of carboxylic acids is 1. The van der Waals surface area contributed by atoms with E-state index in [-0.39, 0.29) is 6.04 Å². The lowest BCUT2D eigenvalue weighted by molar-refractivity contribution is -0.144. The summed E-state index contributed by atoms with van der Waals surface area (Å²) in [5.41, 5.74) is 2.13. The number of hydrogen-bond acceptors (Lipinski definition) is 2. The average Bonchev–Trinajstić information content (AvgIpc) is 2.34. The van der Waals surface area contributed by atoms with Crippen molar-refractivity contribution in [2.75, 3.05) is 6.54 Å². The van der Waals surface area contributed by atoms with Crippen molar-refractivity contribution in [3.63, 3.8) is 0 Å². The zero-order chi connectivity index (χ0) is 13.1. The van der Waals surface area contributed by atoms with Crippen LogP contribution in [0, 0.1) is 6.92 Å². The molecule has 0 radical (unpaired) electrons. The number of carboxylic acid groups (broad SMARTS) is 1. The van der Waals surface area contributed by atoms with E-state index in [0.717, 1.165) is 42.0 Å². The van der Waals surface area contributed by atoms with Gasteiger partial charge in [-0.1, -0.05) is 30.2 Å². The number of aryl methyl sites for hydroxylation is 1. The minimum Gasteiger partial charge on any atom is -0.480 e. The molecule has 1 atom stereocenters. The Morgan fingerprint density at radius 2 is 2.28 bits per heavy atom. The van der Waals surface area contributed by atoms with Gasteiger partial charge in [-0.05, 0) is 43.5 Å². The molecule has 1 aliphatic heterocycles. The highest BCUT2D eigenvalue weighted by atomic mass is 35.5. The van der Waals surface area contributed by atoms with E-state index < -0.39 is 5.97 Å². The topological polar surface area (TPSA) is 40.5 Å². The minimum atomic E-state index is -0.715. The highest BCUT2D eigenvalue weighted by molar-refractivity contribution is 6.31. The summed E-state index contributed by atoms with van der Waals surface area (Å²) in [4.78, 5) is 13.2. The van der Waals surface area contributed by atoms with Crippen LogP contribution in [0.5, 0.6) is 0 Å². The first-order valence-electron chi connectivity index (χ1n) is 6.30. The molecule has 1 aliphatic rings. The fourth-order valence-corrected chi connectivity index (χ4v) is 2.63. The van der Waals surface area contributed by atoms with E-state index in [1.165, 1.54) is 0 Å². The number of halogens is 1. The van der Waals surface area contributed by atoms with Crippen molar-refractivity contribution in [2.24, 2.45) is 0 Å². The molecule has 1 saturated heterocycles. The van der Waals surface area contributed by atoms with E-state index in [0.29, 0.717) is 6.54 Å². The van der Waals surface area contributed by atoms with Crippen LogP contribution >= 0.6 is 11.6 Å². The van der Waals surface area contributed by atoms with Crippen LogP contribution in [0.25, 0.3) is 0 Å². The zero-order valence-electron chi connectivity index (χ0n) is 10.5. The number of aliphatic carboxylic acids is 1. The average molecular weight is 268 g/mol. The Morgan fingerprint density at radius 3 is 2.94 bits per heavy atom. The second-order valence-corrected chi connectivity index (χ2v) is 5.31. The molecule has 4 heteroatoms. The predicted molar refractivity (Wildman–Crippen MR) is 71.9 cm³/mol. The standard InChI is InChI=1S/C14H18ClNO2/c1-10-5-6-11(8-12(10)15)9-16-7-3-2-4-13(16)14(17)18/h5-6,8,13H,2-4,7,9H2,1H3,(H,17,18). The van der Waals surface area contributed by atoms with Gasteiger partial charge in [0.25, 0.3) is 0 Å². The maximum atomic E-state index is 11.2. The fraction of sp³-hybridized carbons (Fsp3) is 0.500. The summed E-state index contributed by atoms with van der Waals surface area (Å²) in [7, 11) is 0. The van der Waals surface area contributed by atoms with Crippen LogP contribution in [-0.4, -0.2) is 28.6 Å². The molecule has 98 valence electrons. The summed E-state index contributed by atoms with van der Waals surface area (Å²) in [5.74, 6) is -0.715. The second kappa shape index (κ2) is 5.72. The molecule has 2 rings (SSSR count). The number of rotatable bonds is 3. The fourth-order valence-electron chi connectivity index (χ4n) is 2.43. The van der Waals surface area contributed by atoms with Crippen molar-refractivity contribution in [3.05, 3.63) is 34.3 Å². The quantitative estimate of drug-likeness (QED) is 0.915. The number of likely N-dealkylation sites (tertiary alicyclic amines) is 1. The number of benzene rings is 1. The van der Waals surface area contributed by atoms with E-state index in [9.17, 15) is 9.90 Å². The summed E-state index contributed by atoms with van der Waals surface area (Å²) in [5, 5.41) is 9.96. The molecule has 18 heavy (non-hydrogen) atoms. The molecule has 0 aromatic heterocycles. The third-order valence-electron chi connectivity index (χ3n) is 3.52. The second-order valence-electron chi connectivity index (χ2n) is 4.90. The van der Waals surface area contributed by atoms with Gasteiger partial charge in [0.2, 0.25) is 0 Å². The van der Waals surface area contributed by atoms with E-state index in [1.807, 2.05) is 30.0 Å².